The molecule has 0 aromatic heterocycles. The van der Waals surface area contributed by atoms with Crippen LogP contribution in [0.5, 0.6) is 5.75 Å². The van der Waals surface area contributed by atoms with E-state index in [0.29, 0.717) is 12.5 Å². The normalized spacial score (nSPS) is 18.6. The van der Waals surface area contributed by atoms with Gasteiger partial charge in [-0.3, -0.25) is 4.79 Å². The van der Waals surface area contributed by atoms with Gasteiger partial charge >= 0.3 is 0 Å². The van der Waals surface area contributed by atoms with Crippen molar-refractivity contribution >= 4 is 11.6 Å². The predicted octanol–water partition coefficient (Wildman–Crippen LogP) is 2.59. The second-order valence-corrected chi connectivity index (χ2v) is 5.36. The largest absolute Gasteiger partial charge is 0.492 e. The summed E-state index contributed by atoms with van der Waals surface area (Å²) in [6.07, 6.45) is 3.60. The van der Waals surface area contributed by atoms with Gasteiger partial charge < -0.3 is 15.4 Å². The van der Waals surface area contributed by atoms with Crippen molar-refractivity contribution in [2.75, 3.05) is 25.0 Å². The van der Waals surface area contributed by atoms with Gasteiger partial charge in [-0.1, -0.05) is 6.07 Å². The van der Waals surface area contributed by atoms with Gasteiger partial charge in [0.15, 0.2) is 0 Å². The van der Waals surface area contributed by atoms with Crippen molar-refractivity contribution < 1.29 is 9.53 Å². The van der Waals surface area contributed by atoms with Crippen molar-refractivity contribution in [3.63, 3.8) is 0 Å². The van der Waals surface area contributed by atoms with Crippen LogP contribution in [0.2, 0.25) is 0 Å². The number of hydrogen-bond donors (Lipinski definition) is 2. The summed E-state index contributed by atoms with van der Waals surface area (Å²) in [4.78, 5) is 11.2. The van der Waals surface area contributed by atoms with Crippen molar-refractivity contribution in [2.45, 2.75) is 33.1 Å². The molecular formula is C16H24N2O2. The van der Waals surface area contributed by atoms with Crippen LogP contribution in [0.4, 0.5) is 5.69 Å². The molecule has 1 fully saturated rings. The monoisotopic (exact) mass is 276 g/mol. The Morgan fingerprint density at radius 1 is 1.50 bits per heavy atom. The lowest BCUT2D eigenvalue weighted by Gasteiger charge is -2.23. The Bertz CT molecular complexity index is 454. The van der Waals surface area contributed by atoms with E-state index in [9.17, 15) is 4.79 Å². The Labute approximate surface area is 120 Å². The quantitative estimate of drug-likeness (QED) is 0.869. The van der Waals surface area contributed by atoms with Crippen molar-refractivity contribution in [3.8, 4) is 5.75 Å². The third-order valence-corrected chi connectivity index (χ3v) is 3.58. The molecule has 2 N–H and O–H groups in total. The average molecular weight is 276 g/mol. The second kappa shape index (κ2) is 7.29. The standard InChI is InChI=1S/C16H24N2O2/c1-3-20-16-10-13(6-7-15(16)18-12(2)19)9-14-5-4-8-17-11-14/h6-7,10,14,17H,3-5,8-9,11H2,1-2H3,(H,18,19). The van der Waals surface area contributed by atoms with Gasteiger partial charge in [0.2, 0.25) is 5.91 Å². The zero-order valence-corrected chi connectivity index (χ0v) is 12.4. The zero-order valence-electron chi connectivity index (χ0n) is 12.4. The van der Waals surface area contributed by atoms with Gasteiger partial charge in [-0.25, -0.2) is 0 Å². The van der Waals surface area contributed by atoms with E-state index in [0.717, 1.165) is 30.9 Å². The lowest BCUT2D eigenvalue weighted by Crippen LogP contribution is -2.30. The predicted molar refractivity (Wildman–Crippen MR) is 81.2 cm³/mol. The first-order valence-electron chi connectivity index (χ1n) is 7.43. The number of benzene rings is 1. The summed E-state index contributed by atoms with van der Waals surface area (Å²) >= 11 is 0. The first-order chi connectivity index (χ1) is 9.69. The maximum absolute atomic E-state index is 11.2. The third kappa shape index (κ3) is 4.23. The fourth-order valence-electron chi connectivity index (χ4n) is 2.69. The molecule has 1 heterocycles. The molecule has 4 heteroatoms. The lowest BCUT2D eigenvalue weighted by atomic mass is 9.92. The SMILES string of the molecule is CCOc1cc(CC2CCCNC2)ccc1NC(C)=O. The van der Waals surface area contributed by atoms with Crippen molar-refractivity contribution in [1.29, 1.82) is 0 Å². The summed E-state index contributed by atoms with van der Waals surface area (Å²) in [6, 6.07) is 6.09. The van der Waals surface area contributed by atoms with Crippen LogP contribution in [-0.2, 0) is 11.2 Å². The molecule has 0 radical (unpaired) electrons. The Kier molecular flexibility index (Phi) is 5.41. The summed E-state index contributed by atoms with van der Waals surface area (Å²) in [7, 11) is 0. The summed E-state index contributed by atoms with van der Waals surface area (Å²) in [6.45, 7) is 6.30. The molecule has 1 saturated heterocycles. The van der Waals surface area contributed by atoms with Crippen molar-refractivity contribution in [2.24, 2.45) is 5.92 Å². The highest BCUT2D eigenvalue weighted by Gasteiger charge is 2.15. The van der Waals surface area contributed by atoms with Gasteiger partial charge in [0, 0.05) is 6.92 Å². The molecule has 0 aliphatic carbocycles. The van der Waals surface area contributed by atoms with Crippen molar-refractivity contribution in [3.05, 3.63) is 23.8 Å². The second-order valence-electron chi connectivity index (χ2n) is 5.36. The summed E-state index contributed by atoms with van der Waals surface area (Å²) in [5, 5.41) is 6.26. The van der Waals surface area contributed by atoms with Crippen LogP contribution in [0, 0.1) is 5.92 Å². The van der Waals surface area contributed by atoms with Crippen LogP contribution in [-0.4, -0.2) is 25.6 Å². The average Bonchev–Trinajstić information content (AvgIpc) is 2.43. The molecule has 1 aromatic rings. The van der Waals surface area contributed by atoms with Crippen LogP contribution in [0.25, 0.3) is 0 Å². The van der Waals surface area contributed by atoms with E-state index in [1.165, 1.54) is 25.3 Å². The number of anilines is 1. The lowest BCUT2D eigenvalue weighted by molar-refractivity contribution is -0.114. The van der Waals surface area contributed by atoms with E-state index < -0.39 is 0 Å². The van der Waals surface area contributed by atoms with E-state index in [1.54, 1.807) is 0 Å². The Morgan fingerprint density at radius 2 is 2.35 bits per heavy atom. The fourth-order valence-corrected chi connectivity index (χ4v) is 2.69. The topological polar surface area (TPSA) is 50.4 Å². The van der Waals surface area contributed by atoms with Gasteiger partial charge in [-0.05, 0) is 62.9 Å². The van der Waals surface area contributed by atoms with E-state index in [-0.39, 0.29) is 5.91 Å². The third-order valence-electron chi connectivity index (χ3n) is 3.58. The molecule has 0 spiro atoms. The first kappa shape index (κ1) is 14.9. The van der Waals surface area contributed by atoms with Crippen LogP contribution in [0.3, 0.4) is 0 Å². The first-order valence-corrected chi connectivity index (χ1v) is 7.43. The number of piperidine rings is 1. The van der Waals surface area contributed by atoms with E-state index in [2.05, 4.69) is 22.8 Å². The van der Waals surface area contributed by atoms with Crippen LogP contribution in [0.15, 0.2) is 18.2 Å². The Balaban J connectivity index is 2.09. The highest BCUT2D eigenvalue weighted by atomic mass is 16.5. The summed E-state index contributed by atoms with van der Waals surface area (Å²) in [5.74, 6) is 1.39. The minimum absolute atomic E-state index is 0.0739. The number of carbonyl (C=O) groups excluding carboxylic acids is 1. The highest BCUT2D eigenvalue weighted by molar-refractivity contribution is 5.90. The number of ether oxygens (including phenoxy) is 1. The van der Waals surface area contributed by atoms with Gasteiger partial charge in [0.1, 0.15) is 5.75 Å². The van der Waals surface area contributed by atoms with Gasteiger partial charge in [0.25, 0.3) is 0 Å². The van der Waals surface area contributed by atoms with Gasteiger partial charge in [-0.15, -0.1) is 0 Å². The summed E-state index contributed by atoms with van der Waals surface area (Å²) in [5.41, 5.74) is 2.03. The molecule has 1 aliphatic rings. The van der Waals surface area contributed by atoms with E-state index in [1.807, 2.05) is 13.0 Å². The number of carbonyl (C=O) groups is 1. The molecule has 110 valence electrons. The molecule has 1 amide bonds. The fraction of sp³-hybridized carbons (Fsp3) is 0.562. The van der Waals surface area contributed by atoms with Gasteiger partial charge in [0.05, 0.1) is 12.3 Å². The Hall–Kier alpha value is -1.55. The maximum Gasteiger partial charge on any atom is 0.221 e. The van der Waals surface area contributed by atoms with E-state index >= 15 is 0 Å². The molecular weight excluding hydrogens is 252 g/mol. The zero-order chi connectivity index (χ0) is 14.4. The highest BCUT2D eigenvalue weighted by Crippen LogP contribution is 2.28. The number of hydrogen-bond acceptors (Lipinski definition) is 3. The molecule has 0 saturated carbocycles. The van der Waals surface area contributed by atoms with Crippen LogP contribution >= 0.6 is 0 Å². The summed E-state index contributed by atoms with van der Waals surface area (Å²) < 4.78 is 5.64. The number of amides is 1. The number of rotatable bonds is 5. The number of nitrogens with one attached hydrogen (secondary N) is 2. The Morgan fingerprint density at radius 3 is 3.00 bits per heavy atom. The molecule has 2 rings (SSSR count). The minimum Gasteiger partial charge on any atom is -0.492 e. The van der Waals surface area contributed by atoms with Crippen LogP contribution in [0.1, 0.15) is 32.3 Å². The minimum atomic E-state index is -0.0739. The van der Waals surface area contributed by atoms with Crippen LogP contribution < -0.4 is 15.4 Å². The molecule has 1 aliphatic heterocycles. The smallest absolute Gasteiger partial charge is 0.221 e. The molecule has 0 bridgehead atoms. The van der Waals surface area contributed by atoms with Crippen molar-refractivity contribution in [1.82, 2.24) is 5.32 Å². The molecule has 4 nitrogen and oxygen atoms in total. The molecule has 1 aromatic carbocycles. The molecule has 1 atom stereocenters. The molecule has 20 heavy (non-hydrogen) atoms. The van der Waals surface area contributed by atoms with E-state index in [4.69, 9.17) is 4.74 Å². The molecule has 1 unspecified atom stereocenters. The van der Waals surface area contributed by atoms with Gasteiger partial charge in [-0.2, -0.15) is 0 Å². The maximum atomic E-state index is 11.2.